The molecular weight excluding hydrogens is 197 g/mol. The SMILES string of the molecule is CC(C)CCOC(C)(C)CCNC(=O)F. The maximum Gasteiger partial charge on any atom is 0.397 e. The molecule has 1 amide bonds. The van der Waals surface area contributed by atoms with E-state index >= 15 is 0 Å². The molecule has 0 unspecified atom stereocenters. The van der Waals surface area contributed by atoms with Crippen molar-refractivity contribution < 1.29 is 13.9 Å². The fourth-order valence-corrected chi connectivity index (χ4v) is 1.10. The van der Waals surface area contributed by atoms with Gasteiger partial charge in [-0.05, 0) is 32.6 Å². The molecule has 0 aliphatic rings. The lowest BCUT2D eigenvalue weighted by atomic mass is 10.0. The molecule has 0 heterocycles. The first kappa shape index (κ1) is 14.4. The highest BCUT2D eigenvalue weighted by Gasteiger charge is 2.18. The van der Waals surface area contributed by atoms with Crippen molar-refractivity contribution in [1.29, 1.82) is 0 Å². The molecule has 0 atom stereocenters. The highest BCUT2D eigenvalue weighted by molar-refractivity contribution is 5.65. The smallest absolute Gasteiger partial charge is 0.375 e. The summed E-state index contributed by atoms with van der Waals surface area (Å²) >= 11 is 0. The Balaban J connectivity index is 3.62. The first-order valence-corrected chi connectivity index (χ1v) is 5.41. The molecule has 0 aromatic carbocycles. The van der Waals surface area contributed by atoms with Crippen LogP contribution in [-0.2, 0) is 4.74 Å². The topological polar surface area (TPSA) is 38.3 Å². The minimum atomic E-state index is -1.48. The van der Waals surface area contributed by atoms with Crippen molar-refractivity contribution in [2.24, 2.45) is 5.92 Å². The molecular formula is C11H22FNO2. The van der Waals surface area contributed by atoms with Gasteiger partial charge in [-0.3, -0.25) is 0 Å². The van der Waals surface area contributed by atoms with E-state index in [2.05, 4.69) is 19.2 Å². The van der Waals surface area contributed by atoms with Crippen molar-refractivity contribution in [2.75, 3.05) is 13.2 Å². The summed E-state index contributed by atoms with van der Waals surface area (Å²) < 4.78 is 17.5. The molecule has 90 valence electrons. The molecule has 0 aromatic heterocycles. The molecule has 15 heavy (non-hydrogen) atoms. The fourth-order valence-electron chi connectivity index (χ4n) is 1.10. The number of hydrogen-bond donors (Lipinski definition) is 1. The van der Waals surface area contributed by atoms with Gasteiger partial charge in [0.05, 0.1) is 5.60 Å². The van der Waals surface area contributed by atoms with Crippen molar-refractivity contribution in [2.45, 2.75) is 46.1 Å². The summed E-state index contributed by atoms with van der Waals surface area (Å²) in [6.45, 7) is 9.17. The maximum atomic E-state index is 11.8. The summed E-state index contributed by atoms with van der Waals surface area (Å²) in [4.78, 5) is 10.0. The van der Waals surface area contributed by atoms with Crippen LogP contribution in [0.15, 0.2) is 0 Å². The molecule has 0 spiro atoms. The van der Waals surface area contributed by atoms with Crippen LogP contribution in [-0.4, -0.2) is 24.9 Å². The Labute approximate surface area is 91.4 Å². The Hall–Kier alpha value is -0.640. The fraction of sp³-hybridized carbons (Fsp3) is 0.909. The number of rotatable bonds is 7. The van der Waals surface area contributed by atoms with E-state index in [-0.39, 0.29) is 5.60 Å². The molecule has 0 aliphatic heterocycles. The molecule has 3 nitrogen and oxygen atoms in total. The number of nitrogens with one attached hydrogen (secondary N) is 1. The molecule has 1 N–H and O–H groups in total. The van der Waals surface area contributed by atoms with Crippen molar-refractivity contribution >= 4 is 6.16 Å². The summed E-state index contributed by atoms with van der Waals surface area (Å²) in [6.07, 6.45) is 0.146. The molecule has 0 radical (unpaired) electrons. The van der Waals surface area contributed by atoms with Gasteiger partial charge in [0.15, 0.2) is 0 Å². The number of carbonyl (C=O) groups excluding carboxylic acids is 1. The van der Waals surface area contributed by atoms with Gasteiger partial charge < -0.3 is 10.1 Å². The second-order valence-electron chi connectivity index (χ2n) is 4.74. The van der Waals surface area contributed by atoms with Crippen LogP contribution in [0.4, 0.5) is 9.18 Å². The lowest BCUT2D eigenvalue weighted by molar-refractivity contribution is -0.0268. The number of amides is 1. The first-order valence-electron chi connectivity index (χ1n) is 5.41. The van der Waals surface area contributed by atoms with E-state index < -0.39 is 6.16 Å². The highest BCUT2D eigenvalue weighted by atomic mass is 19.1. The van der Waals surface area contributed by atoms with Gasteiger partial charge in [-0.2, -0.15) is 0 Å². The first-order chi connectivity index (χ1) is 6.83. The average Bonchev–Trinajstić information content (AvgIpc) is 2.01. The molecule has 0 aliphatic carbocycles. The van der Waals surface area contributed by atoms with Crippen LogP contribution in [0.1, 0.15) is 40.5 Å². The number of hydrogen-bond acceptors (Lipinski definition) is 2. The molecule has 0 saturated carbocycles. The average molecular weight is 219 g/mol. The molecule has 0 saturated heterocycles. The van der Waals surface area contributed by atoms with Crippen molar-refractivity contribution in [1.82, 2.24) is 5.32 Å². The second kappa shape index (κ2) is 6.77. The molecule has 0 aromatic rings. The number of halogens is 1. The van der Waals surface area contributed by atoms with Crippen LogP contribution in [0.5, 0.6) is 0 Å². The zero-order valence-corrected chi connectivity index (χ0v) is 10.1. The molecule has 4 heteroatoms. The minimum absolute atomic E-state index is 0.308. The van der Waals surface area contributed by atoms with Gasteiger partial charge in [0.1, 0.15) is 0 Å². The lowest BCUT2D eigenvalue weighted by Gasteiger charge is -2.25. The van der Waals surface area contributed by atoms with Crippen LogP contribution in [0, 0.1) is 5.92 Å². The summed E-state index contributed by atoms with van der Waals surface area (Å²) in [5.41, 5.74) is -0.308. The van der Waals surface area contributed by atoms with Crippen molar-refractivity contribution in [3.05, 3.63) is 0 Å². The van der Waals surface area contributed by atoms with Crippen LogP contribution < -0.4 is 5.32 Å². The van der Waals surface area contributed by atoms with Gasteiger partial charge in [0, 0.05) is 13.2 Å². The summed E-state index contributed by atoms with van der Waals surface area (Å²) in [5, 5.41) is 2.12. The van der Waals surface area contributed by atoms with E-state index in [0.717, 1.165) is 6.42 Å². The zero-order valence-electron chi connectivity index (χ0n) is 10.1. The van der Waals surface area contributed by atoms with E-state index in [1.807, 2.05) is 13.8 Å². The van der Waals surface area contributed by atoms with Gasteiger partial charge in [0.2, 0.25) is 0 Å². The van der Waals surface area contributed by atoms with Gasteiger partial charge in [-0.15, -0.1) is 4.39 Å². The van der Waals surface area contributed by atoms with Crippen LogP contribution >= 0.6 is 0 Å². The van der Waals surface area contributed by atoms with Gasteiger partial charge in [0.25, 0.3) is 0 Å². The predicted octanol–water partition coefficient (Wildman–Crippen LogP) is 2.90. The Kier molecular flexibility index (Phi) is 6.48. The largest absolute Gasteiger partial charge is 0.397 e. The van der Waals surface area contributed by atoms with Gasteiger partial charge in [-0.1, -0.05) is 13.8 Å². The minimum Gasteiger partial charge on any atom is -0.375 e. The quantitative estimate of drug-likeness (QED) is 0.528. The standard InChI is InChI=1S/C11H22FNO2/c1-9(2)5-8-15-11(3,4)6-7-13-10(12)14/h9H,5-8H2,1-4H3,(H,13,14). The third-order valence-electron chi connectivity index (χ3n) is 2.18. The van der Waals surface area contributed by atoms with E-state index in [1.54, 1.807) is 0 Å². The third kappa shape index (κ3) is 9.66. The van der Waals surface area contributed by atoms with Crippen LogP contribution in [0.2, 0.25) is 0 Å². The Morgan fingerprint density at radius 2 is 2.07 bits per heavy atom. The Morgan fingerprint density at radius 3 is 2.53 bits per heavy atom. The van der Waals surface area contributed by atoms with Crippen LogP contribution in [0.3, 0.4) is 0 Å². The van der Waals surface area contributed by atoms with Gasteiger partial charge in [-0.25, -0.2) is 4.79 Å². The summed E-state index contributed by atoms with van der Waals surface area (Å²) in [6, 6.07) is 0. The monoisotopic (exact) mass is 219 g/mol. The summed E-state index contributed by atoms with van der Waals surface area (Å²) in [5.74, 6) is 0.617. The van der Waals surface area contributed by atoms with E-state index in [1.165, 1.54) is 0 Å². The van der Waals surface area contributed by atoms with Crippen molar-refractivity contribution in [3.8, 4) is 0 Å². The van der Waals surface area contributed by atoms with E-state index in [4.69, 9.17) is 4.74 Å². The lowest BCUT2D eigenvalue weighted by Crippen LogP contribution is -2.31. The van der Waals surface area contributed by atoms with E-state index in [0.29, 0.717) is 25.5 Å². The number of ether oxygens (including phenoxy) is 1. The molecule has 0 rings (SSSR count). The molecule has 0 fully saturated rings. The van der Waals surface area contributed by atoms with Crippen LogP contribution in [0.25, 0.3) is 0 Å². The molecule has 0 bridgehead atoms. The third-order valence-corrected chi connectivity index (χ3v) is 2.18. The van der Waals surface area contributed by atoms with Gasteiger partial charge >= 0.3 is 6.16 Å². The zero-order chi connectivity index (χ0) is 11.9. The Morgan fingerprint density at radius 1 is 1.47 bits per heavy atom. The Bertz CT molecular complexity index is 193. The summed E-state index contributed by atoms with van der Waals surface area (Å²) in [7, 11) is 0. The van der Waals surface area contributed by atoms with Crippen molar-refractivity contribution in [3.63, 3.8) is 0 Å². The normalized spacial score (nSPS) is 11.9. The predicted molar refractivity (Wildman–Crippen MR) is 58.6 cm³/mol. The number of carbonyl (C=O) groups is 1. The van der Waals surface area contributed by atoms with E-state index in [9.17, 15) is 9.18 Å². The maximum absolute atomic E-state index is 11.8. The highest BCUT2D eigenvalue weighted by Crippen LogP contribution is 2.15. The second-order valence-corrected chi connectivity index (χ2v) is 4.74.